The number of carbonyl (C=O) groups is 2. The monoisotopic (exact) mass is 310 g/mol. The summed E-state index contributed by atoms with van der Waals surface area (Å²) in [5.41, 5.74) is -2.03. The summed E-state index contributed by atoms with van der Waals surface area (Å²) in [4.78, 5) is 22.2. The van der Waals surface area contributed by atoms with E-state index in [4.69, 9.17) is 10.2 Å². The molecule has 2 aromatic rings. The molecule has 2 aromatic carbocycles. The van der Waals surface area contributed by atoms with E-state index in [0.29, 0.717) is 6.07 Å². The molecular weight excluding hydrogens is 301 g/mol. The third kappa shape index (κ3) is 3.08. The number of halogens is 3. The maximum Gasteiger partial charge on any atom is 0.416 e. The number of benzene rings is 2. The Hall–Kier alpha value is -2.83. The lowest BCUT2D eigenvalue weighted by Gasteiger charge is -2.12. The minimum absolute atomic E-state index is 0.0172. The number of carboxylic acid groups (broad SMARTS) is 2. The Morgan fingerprint density at radius 2 is 1.55 bits per heavy atom. The lowest BCUT2D eigenvalue weighted by molar-refractivity contribution is -0.137. The number of hydrogen-bond acceptors (Lipinski definition) is 2. The molecule has 2 N–H and O–H groups in total. The fourth-order valence-electron chi connectivity index (χ4n) is 1.99. The van der Waals surface area contributed by atoms with Crippen molar-refractivity contribution < 1.29 is 33.0 Å². The van der Waals surface area contributed by atoms with E-state index in [1.807, 2.05) is 0 Å². The molecular formula is C15H9F3O4. The van der Waals surface area contributed by atoms with Gasteiger partial charge in [-0.2, -0.15) is 13.2 Å². The van der Waals surface area contributed by atoms with Gasteiger partial charge in [0.2, 0.25) is 0 Å². The van der Waals surface area contributed by atoms with Crippen molar-refractivity contribution in [1.82, 2.24) is 0 Å². The first-order valence-electron chi connectivity index (χ1n) is 5.98. The Balaban J connectivity index is 2.73. The zero-order valence-electron chi connectivity index (χ0n) is 10.9. The van der Waals surface area contributed by atoms with E-state index in [2.05, 4.69) is 0 Å². The quantitative estimate of drug-likeness (QED) is 0.905. The summed E-state index contributed by atoms with van der Waals surface area (Å²) in [5, 5.41) is 18.0. The summed E-state index contributed by atoms with van der Waals surface area (Å²) < 4.78 is 38.6. The van der Waals surface area contributed by atoms with Crippen molar-refractivity contribution in [3.8, 4) is 11.1 Å². The fourth-order valence-corrected chi connectivity index (χ4v) is 1.99. The zero-order valence-corrected chi connectivity index (χ0v) is 10.9. The van der Waals surface area contributed by atoms with Crippen LogP contribution in [0, 0.1) is 0 Å². The van der Waals surface area contributed by atoms with E-state index < -0.39 is 29.2 Å². The van der Waals surface area contributed by atoms with Crippen molar-refractivity contribution in [2.75, 3.05) is 0 Å². The van der Waals surface area contributed by atoms with Gasteiger partial charge in [0, 0.05) is 0 Å². The van der Waals surface area contributed by atoms with Gasteiger partial charge in [-0.25, -0.2) is 9.59 Å². The van der Waals surface area contributed by atoms with Crippen LogP contribution >= 0.6 is 0 Å². The standard InChI is InChI=1S/C15H9F3O4/c16-15(17,18)10-6-8(5-9(7-10)13(19)20)11-3-1-2-4-12(11)14(21)22/h1-7H,(H,19,20)(H,21,22). The van der Waals surface area contributed by atoms with Crippen molar-refractivity contribution in [2.24, 2.45) is 0 Å². The molecule has 0 radical (unpaired) electrons. The van der Waals surface area contributed by atoms with Gasteiger partial charge in [0.05, 0.1) is 16.7 Å². The van der Waals surface area contributed by atoms with Crippen LogP contribution in [0.15, 0.2) is 42.5 Å². The largest absolute Gasteiger partial charge is 0.478 e. The number of hydrogen-bond donors (Lipinski definition) is 2. The molecule has 0 saturated heterocycles. The number of aromatic carboxylic acids is 2. The van der Waals surface area contributed by atoms with Gasteiger partial charge in [-0.15, -0.1) is 0 Å². The summed E-state index contributed by atoms with van der Waals surface area (Å²) in [7, 11) is 0. The van der Waals surface area contributed by atoms with E-state index in [1.54, 1.807) is 0 Å². The number of carboxylic acids is 2. The van der Waals surface area contributed by atoms with Gasteiger partial charge in [-0.05, 0) is 35.4 Å². The van der Waals surface area contributed by atoms with Crippen molar-refractivity contribution >= 4 is 11.9 Å². The molecule has 22 heavy (non-hydrogen) atoms. The molecule has 0 fully saturated rings. The highest BCUT2D eigenvalue weighted by Gasteiger charge is 2.32. The smallest absolute Gasteiger partial charge is 0.416 e. The van der Waals surface area contributed by atoms with E-state index in [0.717, 1.165) is 12.1 Å². The number of alkyl halides is 3. The second-order valence-electron chi connectivity index (χ2n) is 4.45. The third-order valence-corrected chi connectivity index (χ3v) is 2.98. The van der Waals surface area contributed by atoms with E-state index in [1.165, 1.54) is 24.3 Å². The molecule has 4 nitrogen and oxygen atoms in total. The van der Waals surface area contributed by atoms with Gasteiger partial charge < -0.3 is 10.2 Å². The van der Waals surface area contributed by atoms with E-state index in [-0.39, 0.29) is 16.7 Å². The Morgan fingerprint density at radius 3 is 2.09 bits per heavy atom. The Bertz CT molecular complexity index is 751. The molecule has 0 amide bonds. The van der Waals surface area contributed by atoms with E-state index in [9.17, 15) is 22.8 Å². The molecule has 0 atom stereocenters. The van der Waals surface area contributed by atoms with Crippen LogP contribution in [0.3, 0.4) is 0 Å². The Morgan fingerprint density at radius 1 is 0.909 bits per heavy atom. The summed E-state index contributed by atoms with van der Waals surface area (Å²) in [6.45, 7) is 0. The highest BCUT2D eigenvalue weighted by atomic mass is 19.4. The normalized spacial score (nSPS) is 11.2. The molecule has 0 unspecified atom stereocenters. The lowest BCUT2D eigenvalue weighted by atomic mass is 9.96. The van der Waals surface area contributed by atoms with Gasteiger partial charge in [0.15, 0.2) is 0 Å². The topological polar surface area (TPSA) is 74.6 Å². The molecule has 0 aromatic heterocycles. The average molecular weight is 310 g/mol. The first kappa shape index (κ1) is 15.6. The molecule has 2 rings (SSSR count). The van der Waals surface area contributed by atoms with Crippen LogP contribution in [0.1, 0.15) is 26.3 Å². The van der Waals surface area contributed by atoms with Crippen LogP contribution in [-0.4, -0.2) is 22.2 Å². The SMILES string of the molecule is O=C(O)c1cc(-c2ccccc2C(=O)O)cc(C(F)(F)F)c1. The minimum Gasteiger partial charge on any atom is -0.478 e. The van der Waals surface area contributed by atoms with Crippen molar-refractivity contribution in [2.45, 2.75) is 6.18 Å². The number of rotatable bonds is 3. The third-order valence-electron chi connectivity index (χ3n) is 2.98. The second kappa shape index (κ2) is 5.51. The zero-order chi connectivity index (χ0) is 16.5. The van der Waals surface area contributed by atoms with Crippen LogP contribution in [0.25, 0.3) is 11.1 Å². The molecule has 0 aliphatic heterocycles. The molecule has 7 heteroatoms. The molecule has 0 spiro atoms. The van der Waals surface area contributed by atoms with Crippen LogP contribution in [0.2, 0.25) is 0 Å². The highest BCUT2D eigenvalue weighted by molar-refractivity contribution is 5.97. The summed E-state index contributed by atoms with van der Waals surface area (Å²) in [6, 6.07) is 7.70. The highest BCUT2D eigenvalue weighted by Crippen LogP contribution is 2.34. The molecule has 0 bridgehead atoms. The molecule has 0 saturated carbocycles. The Kier molecular flexibility index (Phi) is 3.90. The molecule has 0 aliphatic carbocycles. The van der Waals surface area contributed by atoms with Crippen molar-refractivity contribution in [3.05, 3.63) is 59.2 Å². The van der Waals surface area contributed by atoms with Crippen LogP contribution in [0.4, 0.5) is 13.2 Å². The summed E-state index contributed by atoms with van der Waals surface area (Å²) in [5.74, 6) is -2.84. The first-order chi connectivity index (χ1) is 10.2. The molecule has 114 valence electrons. The predicted octanol–water partition coefficient (Wildman–Crippen LogP) is 3.77. The van der Waals surface area contributed by atoms with Gasteiger partial charge in [-0.1, -0.05) is 18.2 Å². The average Bonchev–Trinajstić information content (AvgIpc) is 2.45. The first-order valence-corrected chi connectivity index (χ1v) is 5.98. The van der Waals surface area contributed by atoms with Crippen molar-refractivity contribution in [3.63, 3.8) is 0 Å². The van der Waals surface area contributed by atoms with Gasteiger partial charge in [-0.3, -0.25) is 0 Å². The van der Waals surface area contributed by atoms with Crippen LogP contribution in [0.5, 0.6) is 0 Å². The van der Waals surface area contributed by atoms with E-state index >= 15 is 0 Å². The predicted molar refractivity (Wildman–Crippen MR) is 70.8 cm³/mol. The van der Waals surface area contributed by atoms with Gasteiger partial charge in [0.1, 0.15) is 0 Å². The second-order valence-corrected chi connectivity index (χ2v) is 4.45. The summed E-state index contributed by atoms with van der Waals surface area (Å²) in [6.07, 6.45) is -4.74. The maximum absolute atomic E-state index is 12.9. The van der Waals surface area contributed by atoms with Gasteiger partial charge >= 0.3 is 18.1 Å². The van der Waals surface area contributed by atoms with Gasteiger partial charge in [0.25, 0.3) is 0 Å². The molecule has 0 aliphatic rings. The maximum atomic E-state index is 12.9. The van der Waals surface area contributed by atoms with Crippen LogP contribution < -0.4 is 0 Å². The summed E-state index contributed by atoms with van der Waals surface area (Å²) >= 11 is 0. The van der Waals surface area contributed by atoms with Crippen LogP contribution in [-0.2, 0) is 6.18 Å². The molecule has 0 heterocycles. The fraction of sp³-hybridized carbons (Fsp3) is 0.0667. The Labute approximate surface area is 122 Å². The minimum atomic E-state index is -4.74. The lowest BCUT2D eigenvalue weighted by Crippen LogP contribution is -2.08. The van der Waals surface area contributed by atoms with Crippen molar-refractivity contribution in [1.29, 1.82) is 0 Å².